The van der Waals surface area contributed by atoms with Crippen LogP contribution in [0.2, 0.25) is 0 Å². The lowest BCUT2D eigenvalue weighted by Crippen LogP contribution is -2.19. The van der Waals surface area contributed by atoms with Crippen molar-refractivity contribution in [3.8, 4) is 5.75 Å². The Morgan fingerprint density at radius 3 is 2.64 bits per heavy atom. The topological polar surface area (TPSA) is 47.9 Å². The Morgan fingerprint density at radius 1 is 1.23 bits per heavy atom. The minimum absolute atomic E-state index is 0.338. The number of oxime groups is 1. The maximum atomic E-state index is 12.0. The van der Waals surface area contributed by atoms with Crippen molar-refractivity contribution in [3.05, 3.63) is 35.4 Å². The summed E-state index contributed by atoms with van der Waals surface area (Å²) in [5.41, 5.74) is 2.40. The van der Waals surface area contributed by atoms with Gasteiger partial charge in [0.1, 0.15) is 5.75 Å². The summed E-state index contributed by atoms with van der Waals surface area (Å²) in [5, 5.41) is 4.04. The third-order valence-corrected chi connectivity index (χ3v) is 4.22. The van der Waals surface area contributed by atoms with Gasteiger partial charge >= 0.3 is 5.97 Å². The molecule has 0 N–H and O–H groups in total. The summed E-state index contributed by atoms with van der Waals surface area (Å²) in [4.78, 5) is 16.9. The number of nitrogens with zero attached hydrogens (tertiary/aromatic N) is 1. The average Bonchev–Trinajstić information content (AvgIpc) is 2.91. The second-order valence-corrected chi connectivity index (χ2v) is 5.75. The van der Waals surface area contributed by atoms with Gasteiger partial charge in [-0.25, -0.2) is 4.79 Å². The highest BCUT2D eigenvalue weighted by Gasteiger charge is 2.32. The van der Waals surface area contributed by atoms with Crippen LogP contribution >= 0.6 is 0 Å². The molecule has 116 valence electrons. The Balaban J connectivity index is 1.80. The van der Waals surface area contributed by atoms with Gasteiger partial charge in [0.2, 0.25) is 0 Å². The van der Waals surface area contributed by atoms with Crippen LogP contribution in [0.4, 0.5) is 0 Å². The van der Waals surface area contributed by atoms with Crippen LogP contribution in [0.3, 0.4) is 0 Å². The molecule has 1 aromatic rings. The number of hydrogen-bond donors (Lipinski definition) is 0. The zero-order valence-electron chi connectivity index (χ0n) is 12.9. The molecule has 4 heteroatoms. The van der Waals surface area contributed by atoms with Crippen LogP contribution in [0.25, 0.3) is 6.08 Å². The molecule has 0 amide bonds. The predicted octanol–water partition coefficient (Wildman–Crippen LogP) is 3.96. The molecule has 1 aliphatic carbocycles. The van der Waals surface area contributed by atoms with E-state index in [1.807, 2.05) is 37.3 Å². The minimum atomic E-state index is -0.338. The molecule has 0 bridgehead atoms. The zero-order chi connectivity index (χ0) is 15.4. The van der Waals surface area contributed by atoms with E-state index < -0.39 is 0 Å². The number of carbonyl (C=O) groups is 1. The van der Waals surface area contributed by atoms with Gasteiger partial charge in [-0.1, -0.05) is 36.6 Å². The van der Waals surface area contributed by atoms with Crippen molar-refractivity contribution in [1.29, 1.82) is 0 Å². The van der Waals surface area contributed by atoms with E-state index in [0.29, 0.717) is 18.1 Å². The molecule has 0 radical (unpaired) electrons. The highest BCUT2D eigenvalue weighted by atomic mass is 16.7. The molecule has 2 aliphatic rings. The Bertz CT molecular complexity index is 595. The molecule has 0 atom stereocenters. The predicted molar refractivity (Wildman–Crippen MR) is 85.7 cm³/mol. The first-order valence-corrected chi connectivity index (χ1v) is 8.02. The van der Waals surface area contributed by atoms with Crippen molar-refractivity contribution in [1.82, 2.24) is 0 Å². The van der Waals surface area contributed by atoms with Gasteiger partial charge < -0.3 is 9.57 Å². The third-order valence-electron chi connectivity index (χ3n) is 4.22. The van der Waals surface area contributed by atoms with Gasteiger partial charge in [0.25, 0.3) is 0 Å². The molecule has 1 aliphatic heterocycles. The highest BCUT2D eigenvalue weighted by Crippen LogP contribution is 2.31. The summed E-state index contributed by atoms with van der Waals surface area (Å²) < 4.78 is 5.43. The lowest BCUT2D eigenvalue weighted by atomic mass is 9.83. The lowest BCUT2D eigenvalue weighted by molar-refractivity contribution is -0.136. The van der Waals surface area contributed by atoms with E-state index in [4.69, 9.17) is 9.57 Å². The van der Waals surface area contributed by atoms with Crippen molar-refractivity contribution >= 4 is 17.8 Å². The molecule has 0 unspecified atom stereocenters. The third kappa shape index (κ3) is 3.21. The summed E-state index contributed by atoms with van der Waals surface area (Å²) >= 11 is 0. The van der Waals surface area contributed by atoms with Crippen LogP contribution in [0.15, 0.2) is 35.0 Å². The molecule has 1 saturated carbocycles. The minimum Gasteiger partial charge on any atom is -0.494 e. The normalized spacial score (nSPS) is 20.9. The van der Waals surface area contributed by atoms with E-state index in [0.717, 1.165) is 29.9 Å². The van der Waals surface area contributed by atoms with E-state index >= 15 is 0 Å². The van der Waals surface area contributed by atoms with Gasteiger partial charge in [-0.2, -0.15) is 0 Å². The summed E-state index contributed by atoms with van der Waals surface area (Å²) in [6.45, 7) is 2.60. The molecular weight excluding hydrogens is 278 g/mol. The average molecular weight is 299 g/mol. The fraction of sp³-hybridized carbons (Fsp3) is 0.444. The monoisotopic (exact) mass is 299 g/mol. The first-order valence-electron chi connectivity index (χ1n) is 8.02. The fourth-order valence-electron chi connectivity index (χ4n) is 3.09. The van der Waals surface area contributed by atoms with E-state index in [2.05, 4.69) is 5.16 Å². The number of hydrogen-bond acceptors (Lipinski definition) is 4. The molecule has 4 nitrogen and oxygen atoms in total. The zero-order valence-corrected chi connectivity index (χ0v) is 12.9. The quantitative estimate of drug-likeness (QED) is 0.624. The van der Waals surface area contributed by atoms with Crippen molar-refractivity contribution in [2.24, 2.45) is 11.1 Å². The summed E-state index contributed by atoms with van der Waals surface area (Å²) in [6.07, 6.45) is 7.74. The second kappa shape index (κ2) is 6.77. The SMILES string of the molecule is CCOc1ccc(C=C2C(=O)ON=C2C2CCCCC2)cc1. The van der Waals surface area contributed by atoms with Crippen molar-refractivity contribution < 1.29 is 14.4 Å². The van der Waals surface area contributed by atoms with Crippen LogP contribution in [0, 0.1) is 5.92 Å². The van der Waals surface area contributed by atoms with Crippen molar-refractivity contribution in [2.45, 2.75) is 39.0 Å². The number of carbonyl (C=O) groups excluding carboxylic acids is 1. The Labute approximate surface area is 130 Å². The largest absolute Gasteiger partial charge is 0.494 e. The first-order chi connectivity index (χ1) is 10.8. The fourth-order valence-corrected chi connectivity index (χ4v) is 3.09. The first kappa shape index (κ1) is 14.8. The van der Waals surface area contributed by atoms with E-state index in [9.17, 15) is 4.79 Å². The summed E-state index contributed by atoms with van der Waals surface area (Å²) in [7, 11) is 0. The summed E-state index contributed by atoms with van der Waals surface area (Å²) in [5.74, 6) is 0.850. The second-order valence-electron chi connectivity index (χ2n) is 5.75. The van der Waals surface area contributed by atoms with Crippen LogP contribution in [-0.2, 0) is 9.63 Å². The summed E-state index contributed by atoms with van der Waals surface area (Å²) in [6, 6.07) is 7.71. The standard InChI is InChI=1S/C18H21NO3/c1-2-21-15-10-8-13(9-11-15)12-16-17(19-22-18(16)20)14-6-4-3-5-7-14/h8-12,14H,2-7H2,1H3. The van der Waals surface area contributed by atoms with Gasteiger partial charge in [-0.15, -0.1) is 0 Å². The molecule has 22 heavy (non-hydrogen) atoms. The molecular formula is C18H21NO3. The van der Waals surface area contributed by atoms with Crippen LogP contribution in [0.5, 0.6) is 5.75 Å². The molecule has 1 fully saturated rings. The van der Waals surface area contributed by atoms with E-state index in [1.165, 1.54) is 19.3 Å². The Hall–Kier alpha value is -2.10. The van der Waals surface area contributed by atoms with Crippen molar-refractivity contribution in [2.75, 3.05) is 6.61 Å². The van der Waals surface area contributed by atoms with Gasteiger partial charge in [0, 0.05) is 5.92 Å². The lowest BCUT2D eigenvalue weighted by Gasteiger charge is -2.20. The highest BCUT2D eigenvalue weighted by molar-refractivity contribution is 6.25. The van der Waals surface area contributed by atoms with Crippen molar-refractivity contribution in [3.63, 3.8) is 0 Å². The molecule has 3 rings (SSSR count). The smallest absolute Gasteiger partial charge is 0.367 e. The van der Waals surface area contributed by atoms with Crippen LogP contribution in [0.1, 0.15) is 44.6 Å². The van der Waals surface area contributed by atoms with Gasteiger partial charge in [0.15, 0.2) is 0 Å². The van der Waals surface area contributed by atoms with Crippen LogP contribution in [-0.4, -0.2) is 18.3 Å². The Morgan fingerprint density at radius 2 is 1.95 bits per heavy atom. The van der Waals surface area contributed by atoms with Gasteiger partial charge in [0.05, 0.1) is 17.9 Å². The van der Waals surface area contributed by atoms with Crippen LogP contribution < -0.4 is 4.74 Å². The molecule has 1 aromatic carbocycles. The molecule has 0 spiro atoms. The molecule has 0 aromatic heterocycles. The van der Waals surface area contributed by atoms with E-state index in [-0.39, 0.29) is 5.97 Å². The number of rotatable bonds is 4. The molecule has 1 heterocycles. The Kier molecular flexibility index (Phi) is 4.56. The van der Waals surface area contributed by atoms with E-state index in [1.54, 1.807) is 0 Å². The van der Waals surface area contributed by atoms with Gasteiger partial charge in [-0.05, 0) is 43.5 Å². The number of ether oxygens (including phenoxy) is 1. The van der Waals surface area contributed by atoms with Gasteiger partial charge in [-0.3, -0.25) is 0 Å². The maximum absolute atomic E-state index is 12.0. The maximum Gasteiger partial charge on any atom is 0.367 e. The number of benzene rings is 1. The molecule has 0 saturated heterocycles.